The second-order valence-electron chi connectivity index (χ2n) is 4.02. The molecule has 1 fully saturated rings. The molecule has 0 aromatic heterocycles. The molecule has 1 saturated heterocycles. The standard InChI is InChI=1S/C10H23N5/c1-3-12-10(14-11)13-9(2)8-15-6-4-5-7-15/h9H,3-8,11H2,1-2H3,(H2,12,13,14). The van der Waals surface area contributed by atoms with E-state index in [1.807, 2.05) is 6.92 Å². The molecule has 0 aromatic carbocycles. The number of nitrogens with two attached hydrogens (primary N) is 1. The summed E-state index contributed by atoms with van der Waals surface area (Å²) in [6.07, 6.45) is 2.66. The highest BCUT2D eigenvalue weighted by molar-refractivity contribution is 5.79. The van der Waals surface area contributed by atoms with Gasteiger partial charge in [-0.25, -0.2) is 5.84 Å². The van der Waals surface area contributed by atoms with Crippen LogP contribution < -0.4 is 16.6 Å². The lowest BCUT2D eigenvalue weighted by atomic mass is 10.3. The van der Waals surface area contributed by atoms with Crippen LogP contribution in [0.1, 0.15) is 26.7 Å². The summed E-state index contributed by atoms with van der Waals surface area (Å²) in [5.41, 5.74) is 2.58. The Morgan fingerprint density at radius 3 is 2.67 bits per heavy atom. The van der Waals surface area contributed by atoms with Crippen LogP contribution in [0.4, 0.5) is 0 Å². The monoisotopic (exact) mass is 213 g/mol. The lowest BCUT2D eigenvalue weighted by molar-refractivity contribution is 0.311. The number of hydrazine groups is 1. The number of hydrogen-bond acceptors (Lipinski definition) is 3. The van der Waals surface area contributed by atoms with E-state index in [1.54, 1.807) is 0 Å². The predicted octanol–water partition coefficient (Wildman–Crippen LogP) is -0.100. The van der Waals surface area contributed by atoms with Crippen molar-refractivity contribution in [1.82, 2.24) is 15.6 Å². The summed E-state index contributed by atoms with van der Waals surface area (Å²) >= 11 is 0. The van der Waals surface area contributed by atoms with Crippen molar-refractivity contribution in [3.05, 3.63) is 0 Å². The molecule has 1 atom stereocenters. The number of guanidine groups is 1. The molecule has 1 aliphatic heterocycles. The molecule has 1 unspecified atom stereocenters. The third-order valence-corrected chi connectivity index (χ3v) is 2.57. The van der Waals surface area contributed by atoms with Crippen molar-refractivity contribution in [3.8, 4) is 0 Å². The molecule has 0 aromatic rings. The maximum Gasteiger partial charge on any atom is 0.205 e. The predicted molar refractivity (Wildman–Crippen MR) is 63.6 cm³/mol. The van der Waals surface area contributed by atoms with Crippen LogP contribution in [0.25, 0.3) is 0 Å². The zero-order valence-electron chi connectivity index (χ0n) is 9.79. The highest BCUT2D eigenvalue weighted by Crippen LogP contribution is 2.07. The first-order valence-electron chi connectivity index (χ1n) is 5.76. The third kappa shape index (κ3) is 4.48. The fourth-order valence-corrected chi connectivity index (χ4v) is 1.92. The van der Waals surface area contributed by atoms with Crippen LogP contribution in [0.3, 0.4) is 0 Å². The fourth-order valence-electron chi connectivity index (χ4n) is 1.92. The van der Waals surface area contributed by atoms with Crippen molar-refractivity contribution in [2.45, 2.75) is 32.7 Å². The Bertz CT molecular complexity index is 198. The van der Waals surface area contributed by atoms with Gasteiger partial charge in [-0.3, -0.25) is 10.4 Å². The molecular formula is C10H23N5. The molecule has 0 saturated carbocycles. The quantitative estimate of drug-likeness (QED) is 0.264. The Balaban J connectivity index is 2.26. The minimum absolute atomic E-state index is 0.379. The molecule has 1 heterocycles. The minimum atomic E-state index is 0.379. The van der Waals surface area contributed by atoms with Crippen molar-refractivity contribution in [1.29, 1.82) is 0 Å². The summed E-state index contributed by atoms with van der Waals surface area (Å²) in [4.78, 5) is 6.68. The normalized spacial score (nSPS) is 20.3. The topological polar surface area (TPSA) is 65.7 Å². The second-order valence-corrected chi connectivity index (χ2v) is 4.02. The van der Waals surface area contributed by atoms with E-state index in [1.165, 1.54) is 25.9 Å². The van der Waals surface area contributed by atoms with Gasteiger partial charge in [0.05, 0.1) is 0 Å². The molecular weight excluding hydrogens is 190 g/mol. The molecule has 5 heteroatoms. The lowest BCUT2D eigenvalue weighted by Crippen LogP contribution is -2.48. The fraction of sp³-hybridized carbons (Fsp3) is 0.900. The van der Waals surface area contributed by atoms with Crippen molar-refractivity contribution < 1.29 is 0 Å². The number of nitrogens with zero attached hydrogens (tertiary/aromatic N) is 2. The van der Waals surface area contributed by atoms with Crippen LogP contribution >= 0.6 is 0 Å². The molecule has 0 aliphatic carbocycles. The Morgan fingerprint density at radius 2 is 2.13 bits per heavy atom. The summed E-state index contributed by atoms with van der Waals surface area (Å²) in [5.74, 6) is 6.04. The van der Waals surface area contributed by atoms with Gasteiger partial charge in [0.2, 0.25) is 5.96 Å². The maximum absolute atomic E-state index is 5.36. The van der Waals surface area contributed by atoms with Crippen LogP contribution in [-0.4, -0.2) is 43.1 Å². The largest absolute Gasteiger partial charge is 0.352 e. The first kappa shape index (κ1) is 12.3. The van der Waals surface area contributed by atoms with Crippen molar-refractivity contribution >= 4 is 5.96 Å². The highest BCUT2D eigenvalue weighted by Gasteiger charge is 2.14. The molecule has 0 bridgehead atoms. The summed E-state index contributed by atoms with van der Waals surface area (Å²) in [6.45, 7) is 8.39. The molecule has 4 N–H and O–H groups in total. The van der Waals surface area contributed by atoms with Gasteiger partial charge in [-0.2, -0.15) is 0 Å². The smallest absolute Gasteiger partial charge is 0.205 e. The van der Waals surface area contributed by atoms with E-state index in [2.05, 4.69) is 27.6 Å². The molecule has 1 rings (SSSR count). The molecule has 0 radical (unpaired) electrons. The van der Waals surface area contributed by atoms with Gasteiger partial charge >= 0.3 is 0 Å². The third-order valence-electron chi connectivity index (χ3n) is 2.57. The van der Waals surface area contributed by atoms with Crippen LogP contribution in [0.15, 0.2) is 4.99 Å². The van der Waals surface area contributed by atoms with Gasteiger partial charge < -0.3 is 10.2 Å². The van der Waals surface area contributed by atoms with E-state index >= 15 is 0 Å². The van der Waals surface area contributed by atoms with Gasteiger partial charge in [-0.1, -0.05) is 0 Å². The number of aliphatic imine (C=N–C) groups is 1. The average Bonchev–Trinajstić information content (AvgIpc) is 2.69. The molecule has 5 nitrogen and oxygen atoms in total. The van der Waals surface area contributed by atoms with Crippen molar-refractivity contribution in [3.63, 3.8) is 0 Å². The summed E-state index contributed by atoms with van der Waals surface area (Å²) in [5, 5.41) is 3.27. The van der Waals surface area contributed by atoms with E-state index in [0.29, 0.717) is 12.0 Å². The summed E-state index contributed by atoms with van der Waals surface area (Å²) < 4.78 is 0. The van der Waals surface area contributed by atoms with E-state index in [9.17, 15) is 0 Å². The Hall–Kier alpha value is -0.810. The number of likely N-dealkylation sites (tertiary alicyclic amines) is 1. The van der Waals surface area contributed by atoms with Gasteiger partial charge in [0.25, 0.3) is 0 Å². The first-order valence-corrected chi connectivity index (χ1v) is 5.76. The van der Waals surface area contributed by atoms with Gasteiger partial charge in [0.15, 0.2) is 0 Å². The van der Waals surface area contributed by atoms with E-state index in [0.717, 1.165) is 13.1 Å². The van der Waals surface area contributed by atoms with E-state index in [-0.39, 0.29) is 0 Å². The highest BCUT2D eigenvalue weighted by atomic mass is 15.3. The Morgan fingerprint density at radius 1 is 1.47 bits per heavy atom. The number of nitrogens with one attached hydrogen (secondary N) is 2. The van der Waals surface area contributed by atoms with Gasteiger partial charge in [0, 0.05) is 19.1 Å². The lowest BCUT2D eigenvalue weighted by Gasteiger charge is -2.22. The molecule has 88 valence electrons. The van der Waals surface area contributed by atoms with Crippen LogP contribution in [0, 0.1) is 0 Å². The SMILES string of the molecule is CCN=C(NN)NC(C)CN1CCCC1. The molecule has 1 aliphatic rings. The molecule has 0 amide bonds. The first-order chi connectivity index (χ1) is 7.26. The van der Waals surface area contributed by atoms with Crippen LogP contribution in [0.5, 0.6) is 0 Å². The number of rotatable bonds is 4. The van der Waals surface area contributed by atoms with Crippen LogP contribution in [-0.2, 0) is 0 Å². The van der Waals surface area contributed by atoms with Crippen molar-refractivity contribution in [2.24, 2.45) is 10.8 Å². The van der Waals surface area contributed by atoms with E-state index in [4.69, 9.17) is 5.84 Å². The molecule has 0 spiro atoms. The number of hydrogen-bond donors (Lipinski definition) is 3. The summed E-state index contributed by atoms with van der Waals surface area (Å²) in [6, 6.07) is 0.379. The average molecular weight is 213 g/mol. The minimum Gasteiger partial charge on any atom is -0.352 e. The van der Waals surface area contributed by atoms with Gasteiger partial charge in [-0.15, -0.1) is 0 Å². The second kappa shape index (κ2) is 6.63. The van der Waals surface area contributed by atoms with Gasteiger partial charge in [0.1, 0.15) is 0 Å². The zero-order valence-corrected chi connectivity index (χ0v) is 9.79. The Labute approximate surface area is 92.1 Å². The van der Waals surface area contributed by atoms with E-state index < -0.39 is 0 Å². The summed E-state index contributed by atoms with van der Waals surface area (Å²) in [7, 11) is 0. The molecule has 15 heavy (non-hydrogen) atoms. The van der Waals surface area contributed by atoms with Crippen LogP contribution in [0.2, 0.25) is 0 Å². The van der Waals surface area contributed by atoms with Crippen molar-refractivity contribution in [2.75, 3.05) is 26.2 Å². The maximum atomic E-state index is 5.36. The van der Waals surface area contributed by atoms with Gasteiger partial charge in [-0.05, 0) is 39.8 Å². The Kier molecular flexibility index (Phi) is 5.42. The zero-order chi connectivity index (χ0) is 11.1.